The molecule has 9 nitrogen and oxygen atoms in total. The molecule has 5 rings (SSSR count). The monoisotopic (exact) mass is 519 g/mol. The summed E-state index contributed by atoms with van der Waals surface area (Å²) in [4.78, 5) is 4.57. The minimum Gasteiger partial charge on any atom is -0.376 e. The number of hydrogen-bond acceptors (Lipinski definition) is 7. The molecule has 1 saturated heterocycles. The van der Waals surface area contributed by atoms with Crippen molar-refractivity contribution >= 4 is 31.1 Å². The van der Waals surface area contributed by atoms with E-state index in [4.69, 9.17) is 9.47 Å². The molecule has 1 spiro atoms. The van der Waals surface area contributed by atoms with Crippen molar-refractivity contribution in [2.24, 2.45) is 0 Å². The summed E-state index contributed by atoms with van der Waals surface area (Å²) in [6.07, 6.45) is 6.77. The summed E-state index contributed by atoms with van der Waals surface area (Å²) in [6, 6.07) is 8.77. The number of benzene rings is 1. The lowest BCUT2D eigenvalue weighted by Gasteiger charge is -2.42. The summed E-state index contributed by atoms with van der Waals surface area (Å²) in [5, 5.41) is 0. The van der Waals surface area contributed by atoms with Gasteiger partial charge in [-0.3, -0.25) is 4.98 Å². The lowest BCUT2D eigenvalue weighted by atomic mass is 9.76. The van der Waals surface area contributed by atoms with Crippen molar-refractivity contribution < 1.29 is 26.3 Å². The number of nitrogens with zero attached hydrogens (tertiary/aromatic N) is 3. The van der Waals surface area contributed by atoms with Crippen LogP contribution in [-0.2, 0) is 29.5 Å². The van der Waals surface area contributed by atoms with Gasteiger partial charge in [0.1, 0.15) is 0 Å². The normalized spacial score (nSPS) is 23.8. The van der Waals surface area contributed by atoms with Crippen LogP contribution in [0.2, 0.25) is 0 Å². The predicted octanol–water partition coefficient (Wildman–Crippen LogP) is 2.97. The maximum atomic E-state index is 13.6. The first kappa shape index (κ1) is 24.4. The van der Waals surface area contributed by atoms with E-state index in [1.54, 1.807) is 24.5 Å². The topological polar surface area (TPSA) is 108 Å². The van der Waals surface area contributed by atoms with Crippen molar-refractivity contribution in [3.63, 3.8) is 0 Å². The lowest BCUT2D eigenvalue weighted by molar-refractivity contribution is -0.172. The van der Waals surface area contributed by atoms with Gasteiger partial charge in [-0.2, -0.15) is 0 Å². The van der Waals surface area contributed by atoms with Crippen LogP contribution in [0.25, 0.3) is 11.0 Å². The van der Waals surface area contributed by atoms with Crippen LogP contribution in [0.15, 0.2) is 58.6 Å². The average molecular weight is 520 g/mol. The van der Waals surface area contributed by atoms with Gasteiger partial charge in [0.05, 0.1) is 46.2 Å². The van der Waals surface area contributed by atoms with E-state index in [0.717, 1.165) is 35.6 Å². The second-order valence-corrected chi connectivity index (χ2v) is 13.3. The first-order chi connectivity index (χ1) is 16.6. The van der Waals surface area contributed by atoms with Crippen LogP contribution >= 0.6 is 0 Å². The Bertz CT molecular complexity index is 1430. The fraction of sp³-hybridized carbons (Fsp3) is 0.458. The van der Waals surface area contributed by atoms with Gasteiger partial charge in [-0.05, 0) is 68.0 Å². The molecule has 188 valence electrons. The number of ether oxygens (including phenoxy) is 2. The molecule has 0 atom stereocenters. The van der Waals surface area contributed by atoms with Gasteiger partial charge in [0.25, 0.3) is 10.0 Å². The molecule has 0 bridgehead atoms. The second kappa shape index (κ2) is 8.97. The van der Waals surface area contributed by atoms with Gasteiger partial charge < -0.3 is 9.47 Å². The van der Waals surface area contributed by atoms with Crippen LogP contribution in [0.4, 0.5) is 0 Å². The second-order valence-electron chi connectivity index (χ2n) is 9.37. The van der Waals surface area contributed by atoms with E-state index in [1.165, 1.54) is 42.3 Å². The first-order valence-electron chi connectivity index (χ1n) is 11.6. The molecule has 0 N–H and O–H groups in total. The van der Waals surface area contributed by atoms with Gasteiger partial charge in [0, 0.05) is 32.1 Å². The number of pyridine rings is 1. The highest BCUT2D eigenvalue weighted by atomic mass is 32.2. The van der Waals surface area contributed by atoms with E-state index in [0.29, 0.717) is 30.9 Å². The molecule has 2 fully saturated rings. The summed E-state index contributed by atoms with van der Waals surface area (Å²) < 4.78 is 66.1. The molecule has 35 heavy (non-hydrogen) atoms. The number of hydrogen-bond donors (Lipinski definition) is 0. The van der Waals surface area contributed by atoms with Crippen LogP contribution in [0.5, 0.6) is 0 Å². The average Bonchev–Trinajstić information content (AvgIpc) is 3.26. The molecule has 1 aromatic carbocycles. The summed E-state index contributed by atoms with van der Waals surface area (Å²) in [5.41, 5.74) is 1.85. The van der Waals surface area contributed by atoms with E-state index < -0.39 is 20.0 Å². The standard InChI is InChI=1S/C24H29N3O6S2/c1-26(2)34(28,29)19-5-7-20(8-6-19)35(30,31)27-16-21(23-22(27)4-3-13-25-23)18-9-11-24(12-10-18)17-32-14-15-33-24/h3-8,13,16,18H,9-12,14-15,17H2,1-2H3/t18-,24+. The van der Waals surface area contributed by atoms with Gasteiger partial charge in [-0.15, -0.1) is 0 Å². The largest absolute Gasteiger partial charge is 0.376 e. The highest BCUT2D eigenvalue weighted by molar-refractivity contribution is 7.90. The Balaban J connectivity index is 1.49. The molecular formula is C24H29N3O6S2. The van der Waals surface area contributed by atoms with E-state index in [-0.39, 0.29) is 21.3 Å². The van der Waals surface area contributed by atoms with Crippen molar-refractivity contribution in [1.82, 2.24) is 13.3 Å². The van der Waals surface area contributed by atoms with Gasteiger partial charge >= 0.3 is 0 Å². The van der Waals surface area contributed by atoms with Crippen molar-refractivity contribution in [3.8, 4) is 0 Å². The molecule has 3 heterocycles. The molecule has 1 aliphatic carbocycles. The SMILES string of the molecule is CN(C)S(=O)(=O)c1ccc(S(=O)(=O)n2cc([C@H]3CC[C@@]4(CC3)COCCO4)c3ncccc32)cc1. The van der Waals surface area contributed by atoms with Crippen LogP contribution in [0, 0.1) is 0 Å². The Morgan fingerprint density at radius 1 is 1.00 bits per heavy atom. The zero-order valence-corrected chi connectivity index (χ0v) is 21.4. The molecule has 0 amide bonds. The Morgan fingerprint density at radius 3 is 2.31 bits per heavy atom. The molecule has 0 unspecified atom stereocenters. The highest BCUT2D eigenvalue weighted by Crippen LogP contribution is 2.43. The fourth-order valence-corrected chi connectivity index (χ4v) is 7.29. The smallest absolute Gasteiger partial charge is 0.268 e. The minimum atomic E-state index is -3.97. The molecule has 2 aliphatic rings. The van der Waals surface area contributed by atoms with E-state index in [9.17, 15) is 16.8 Å². The van der Waals surface area contributed by atoms with Crippen LogP contribution in [0.1, 0.15) is 37.2 Å². The maximum absolute atomic E-state index is 13.6. The lowest BCUT2D eigenvalue weighted by Crippen LogP contribution is -2.45. The molecule has 11 heteroatoms. The van der Waals surface area contributed by atoms with E-state index in [1.807, 2.05) is 0 Å². The highest BCUT2D eigenvalue weighted by Gasteiger charge is 2.39. The van der Waals surface area contributed by atoms with Gasteiger partial charge in [0.2, 0.25) is 10.0 Å². The third-order valence-corrected chi connectivity index (χ3v) is 10.6. The van der Waals surface area contributed by atoms with Crippen molar-refractivity contribution in [2.75, 3.05) is 33.9 Å². The zero-order chi connectivity index (χ0) is 24.8. The Kier molecular flexibility index (Phi) is 6.25. The van der Waals surface area contributed by atoms with Crippen LogP contribution < -0.4 is 0 Å². The number of aromatic nitrogens is 2. The summed E-state index contributed by atoms with van der Waals surface area (Å²) in [6.45, 7) is 1.84. The summed E-state index contributed by atoms with van der Waals surface area (Å²) >= 11 is 0. The number of rotatable bonds is 5. The van der Waals surface area contributed by atoms with Gasteiger partial charge in [-0.1, -0.05) is 0 Å². The quantitative estimate of drug-likeness (QED) is 0.510. The van der Waals surface area contributed by atoms with Gasteiger partial charge in [-0.25, -0.2) is 25.1 Å². The van der Waals surface area contributed by atoms with Crippen molar-refractivity contribution in [1.29, 1.82) is 0 Å². The number of sulfonamides is 1. The van der Waals surface area contributed by atoms with Crippen LogP contribution in [-0.4, -0.2) is 69.6 Å². The molecule has 1 saturated carbocycles. The Morgan fingerprint density at radius 2 is 1.69 bits per heavy atom. The van der Waals surface area contributed by atoms with E-state index in [2.05, 4.69) is 4.98 Å². The molecule has 0 radical (unpaired) electrons. The molecule has 1 aliphatic heterocycles. The first-order valence-corrected chi connectivity index (χ1v) is 14.5. The number of fused-ring (bicyclic) bond motifs is 1. The van der Waals surface area contributed by atoms with Gasteiger partial charge in [0.15, 0.2) is 0 Å². The third kappa shape index (κ3) is 4.29. The molecule has 3 aromatic rings. The summed E-state index contributed by atoms with van der Waals surface area (Å²) in [5.74, 6) is 0.160. The third-order valence-electron chi connectivity index (χ3n) is 7.05. The zero-order valence-electron chi connectivity index (χ0n) is 19.8. The molecule has 2 aromatic heterocycles. The predicted molar refractivity (Wildman–Crippen MR) is 130 cm³/mol. The fourth-order valence-electron chi connectivity index (χ4n) is 5.02. The van der Waals surface area contributed by atoms with E-state index >= 15 is 0 Å². The Labute approximate surface area is 205 Å². The Hall–Kier alpha value is -2.31. The molecular weight excluding hydrogens is 490 g/mol. The van der Waals surface area contributed by atoms with Crippen molar-refractivity contribution in [3.05, 3.63) is 54.4 Å². The van der Waals surface area contributed by atoms with Crippen LogP contribution in [0.3, 0.4) is 0 Å². The van der Waals surface area contributed by atoms with Crippen molar-refractivity contribution in [2.45, 2.75) is 47.0 Å². The maximum Gasteiger partial charge on any atom is 0.268 e. The minimum absolute atomic E-state index is 0.0119. The summed E-state index contributed by atoms with van der Waals surface area (Å²) in [7, 11) is -4.76.